The highest BCUT2D eigenvalue weighted by Gasteiger charge is 2.55. The van der Waals surface area contributed by atoms with E-state index >= 15 is 0 Å². The van der Waals surface area contributed by atoms with Gasteiger partial charge in [-0.1, -0.05) is 403 Å². The minimum atomic E-state index is -0.0832. The van der Waals surface area contributed by atoms with Crippen LogP contribution in [0.25, 0.3) is 0 Å². The molecule has 14 rings (SSSR count). The molecule has 0 aromatic carbocycles. The molecule has 0 aromatic heterocycles. The molecule has 0 heterocycles. The van der Waals surface area contributed by atoms with Gasteiger partial charge in [-0.15, -0.1) is 0 Å². The number of rotatable bonds is 5. The average Bonchev–Trinajstić information content (AvgIpc) is 0.788. The summed E-state index contributed by atoms with van der Waals surface area (Å²) >= 11 is 0. The summed E-state index contributed by atoms with van der Waals surface area (Å²) in [5.74, 6) is 19.8. The Morgan fingerprint density at radius 1 is 0.242 bits per heavy atom. The summed E-state index contributed by atoms with van der Waals surface area (Å²) in [5.41, 5.74) is 1.21. The number of hydrogen-bond donors (Lipinski definition) is 3. The Balaban J connectivity index is -0.000000296. The summed E-state index contributed by atoms with van der Waals surface area (Å²) in [6.07, 6.45) is 61.0. The Hall–Kier alpha value is -1.59. The van der Waals surface area contributed by atoms with Crippen molar-refractivity contribution in [2.45, 2.75) is 584 Å². The summed E-state index contributed by atoms with van der Waals surface area (Å²) < 4.78 is 0. The molecule has 0 aliphatic heterocycles. The zero-order valence-electron chi connectivity index (χ0n) is 91.1. The maximum absolute atomic E-state index is 11.8. The zero-order valence-corrected chi connectivity index (χ0v) is 91.1. The molecule has 3 N–H and O–H groups in total. The lowest BCUT2D eigenvalue weighted by Crippen LogP contribution is -2.51. The van der Waals surface area contributed by atoms with Gasteiger partial charge in [0.15, 0.2) is 0 Å². The highest BCUT2D eigenvalue weighted by Crippen LogP contribution is 2.66. The van der Waals surface area contributed by atoms with E-state index < -0.39 is 0 Å². The van der Waals surface area contributed by atoms with E-state index in [1.54, 1.807) is 38.5 Å². The van der Waals surface area contributed by atoms with Gasteiger partial charge in [-0.05, 0) is 280 Å². The van der Waals surface area contributed by atoms with Crippen LogP contribution in [0, 0.1) is 135 Å². The van der Waals surface area contributed by atoms with Crippen molar-refractivity contribution in [2.75, 3.05) is 0 Å². The highest BCUT2D eigenvalue weighted by molar-refractivity contribution is 5.80. The van der Waals surface area contributed by atoms with Gasteiger partial charge >= 0.3 is 0 Å². The van der Waals surface area contributed by atoms with Crippen molar-refractivity contribution < 1.29 is 14.4 Å². The lowest BCUT2D eigenvalue weighted by molar-refractivity contribution is -0.128. The predicted molar refractivity (Wildman–Crippen MR) is 549 cm³/mol. The second kappa shape index (κ2) is 79.6. The standard InChI is InChI=1S/C14H24.C12H23NO.C11H19NO.C11H21NO.6C8H16.9C2H6/c1-13(2,3)14-7-10-4-11(8-14)6-12(5-10)9-14;1-9-5-7-10(8-6-9)11(14)13-12(2,3)4;1-8-2-4-9(5-3-8)11(13)12-10-6-7-10;1-8(2)12-11(13)10-6-4-9(3)5-7-10;6*1-7-3-5-8(2)6-4-7;9*1-2/h10-12H,4-9H2,1-3H3;9-10H,5-8H2,1-4H3,(H,13,14);8-10H,2-7H2,1H3,(H,12,13);8-10H,4-7H2,1-3H3,(H,12,13);6*7-8H,3-6H2,1-2H3;9*1-2H3. The van der Waals surface area contributed by atoms with E-state index in [4.69, 9.17) is 0 Å². The van der Waals surface area contributed by atoms with Gasteiger partial charge in [-0.25, -0.2) is 0 Å². The van der Waals surface area contributed by atoms with Crippen LogP contribution in [0.4, 0.5) is 0 Å². The molecule has 0 saturated heterocycles. The van der Waals surface area contributed by atoms with Crippen LogP contribution in [0.15, 0.2) is 0 Å². The van der Waals surface area contributed by atoms with Gasteiger partial charge in [0, 0.05) is 35.4 Å². The van der Waals surface area contributed by atoms with Gasteiger partial charge in [0.25, 0.3) is 0 Å². The fraction of sp³-hybridized carbons (Fsp3) is 0.974. The summed E-state index contributed by atoms with van der Waals surface area (Å²) in [5, 5.41) is 9.15. The van der Waals surface area contributed by atoms with Crippen molar-refractivity contribution in [3.8, 4) is 0 Å². The minimum absolute atomic E-state index is 0.0832. The first kappa shape index (κ1) is 129. The molecule has 726 valence electrons. The van der Waals surface area contributed by atoms with Crippen LogP contribution in [0.5, 0.6) is 0 Å². The lowest BCUT2D eigenvalue weighted by Gasteiger charge is -2.62. The Morgan fingerprint density at radius 2 is 0.400 bits per heavy atom. The molecule has 120 heavy (non-hydrogen) atoms. The monoisotopic (exact) mass is 1700 g/mol. The van der Waals surface area contributed by atoms with E-state index in [0.717, 1.165) is 150 Å². The van der Waals surface area contributed by atoms with Crippen molar-refractivity contribution in [1.82, 2.24) is 16.0 Å². The molecule has 6 nitrogen and oxygen atoms in total. The van der Waals surface area contributed by atoms with Crippen molar-refractivity contribution in [3.05, 3.63) is 0 Å². The maximum atomic E-state index is 11.8. The normalized spacial score (nSPS) is 32.5. The quantitative estimate of drug-likeness (QED) is 0.256. The van der Waals surface area contributed by atoms with Crippen LogP contribution < -0.4 is 16.0 Å². The number of carbonyl (C=O) groups is 3. The number of carbonyl (C=O) groups excluding carboxylic acids is 3. The van der Waals surface area contributed by atoms with Gasteiger partial charge < -0.3 is 16.0 Å². The Bertz CT molecular complexity index is 1850. The van der Waals surface area contributed by atoms with Crippen LogP contribution in [0.3, 0.4) is 0 Å². The number of nitrogens with one attached hydrogen (secondary N) is 3. The molecule has 0 aromatic rings. The van der Waals surface area contributed by atoms with Crippen molar-refractivity contribution >= 4 is 17.7 Å². The smallest absolute Gasteiger partial charge is 0.223 e. The van der Waals surface area contributed by atoms with Crippen LogP contribution in [0.2, 0.25) is 0 Å². The van der Waals surface area contributed by atoms with Crippen LogP contribution >= 0.6 is 0 Å². The first-order chi connectivity index (χ1) is 56.9. The Kier molecular flexibility index (Phi) is 85.7. The van der Waals surface area contributed by atoms with Gasteiger partial charge in [-0.3, -0.25) is 14.4 Å². The molecule has 14 aliphatic carbocycles. The average molecular weight is 1700 g/mol. The largest absolute Gasteiger partial charge is 0.354 e. The van der Waals surface area contributed by atoms with E-state index in [2.05, 4.69) is 141 Å². The third kappa shape index (κ3) is 66.7. The van der Waals surface area contributed by atoms with E-state index in [-0.39, 0.29) is 29.3 Å². The molecule has 14 aliphatic rings. The van der Waals surface area contributed by atoms with Gasteiger partial charge in [0.05, 0.1) is 0 Å². The first-order valence-corrected chi connectivity index (χ1v) is 54.9. The van der Waals surface area contributed by atoms with E-state index in [0.29, 0.717) is 29.2 Å². The summed E-state index contributed by atoms with van der Waals surface area (Å²) in [4.78, 5) is 35.1. The Labute approximate surface area is 762 Å². The SMILES string of the molecule is CC.CC.CC.CC.CC.CC.CC.CC.CC.CC(C)(C)C12CC3CC(CC(C3)C1)C2.CC1CCC(C(=O)NC(C)(C)C)CC1.CC1CCC(C(=O)NC(C)C)CC1.CC1CCC(C(=O)NC2CC2)CC1.CC1CCC(C)CC1.CC1CCC(C)CC1.CC1CCC(C)CC1.CC1CCC(C)CC1.CC1CCC(C)CC1.CC1CCC(C)CC1. The van der Waals surface area contributed by atoms with Gasteiger partial charge in [0.1, 0.15) is 0 Å². The number of hydrogen-bond acceptors (Lipinski definition) is 3. The fourth-order valence-electron chi connectivity index (χ4n) is 19.6. The summed E-state index contributed by atoms with van der Waals surface area (Å²) in [6, 6.07) is 0.818. The van der Waals surface area contributed by atoms with E-state index in [1.807, 2.05) is 159 Å². The topological polar surface area (TPSA) is 87.3 Å². The molecule has 14 saturated carbocycles. The molecule has 14 fully saturated rings. The van der Waals surface area contributed by atoms with Crippen LogP contribution in [0.1, 0.15) is 566 Å². The van der Waals surface area contributed by atoms with Crippen molar-refractivity contribution in [2.24, 2.45) is 135 Å². The van der Waals surface area contributed by atoms with Crippen LogP contribution in [-0.4, -0.2) is 35.3 Å². The van der Waals surface area contributed by atoms with E-state index in [1.165, 1.54) is 205 Å². The third-order valence-electron chi connectivity index (χ3n) is 28.5. The number of amides is 3. The minimum Gasteiger partial charge on any atom is -0.354 e. The molecule has 3 amide bonds. The summed E-state index contributed by atoms with van der Waals surface area (Å²) in [6.45, 7) is 88.8. The van der Waals surface area contributed by atoms with E-state index in [9.17, 15) is 14.4 Å². The summed E-state index contributed by atoms with van der Waals surface area (Å²) in [7, 11) is 0. The molecule has 6 heteroatoms. The molecular weight excluding hydrogens is 1460 g/mol. The second-order valence-corrected chi connectivity index (χ2v) is 42.7. The van der Waals surface area contributed by atoms with Gasteiger partial charge in [-0.2, -0.15) is 0 Å². The van der Waals surface area contributed by atoms with Crippen molar-refractivity contribution in [3.63, 3.8) is 0 Å². The predicted octanol–water partition coefficient (Wildman–Crippen LogP) is 37.6. The van der Waals surface area contributed by atoms with Gasteiger partial charge in [0.2, 0.25) is 17.7 Å². The third-order valence-corrected chi connectivity index (χ3v) is 28.5. The second-order valence-electron chi connectivity index (χ2n) is 42.7. The van der Waals surface area contributed by atoms with Crippen molar-refractivity contribution in [1.29, 1.82) is 0 Å². The first-order valence-electron chi connectivity index (χ1n) is 54.9. The lowest BCUT2D eigenvalue weighted by atomic mass is 9.43. The molecule has 0 radical (unpaired) electrons. The zero-order chi connectivity index (χ0) is 93.7. The molecule has 4 bridgehead atoms. The fourth-order valence-corrected chi connectivity index (χ4v) is 19.6. The Morgan fingerprint density at radius 3 is 0.550 bits per heavy atom. The molecule has 0 atom stereocenters. The molecular formula is C114H237N3O3. The molecule has 0 spiro atoms. The molecule has 0 unspecified atom stereocenters. The highest BCUT2D eigenvalue weighted by atomic mass is 16.2. The maximum Gasteiger partial charge on any atom is 0.223 e. The van der Waals surface area contributed by atoms with Crippen LogP contribution in [-0.2, 0) is 14.4 Å².